The van der Waals surface area contributed by atoms with Gasteiger partial charge in [0.2, 0.25) is 0 Å². The number of aryl methyl sites for hydroxylation is 1. The van der Waals surface area contributed by atoms with Crippen molar-refractivity contribution in [1.82, 2.24) is 15.1 Å². The van der Waals surface area contributed by atoms with Gasteiger partial charge < -0.3 is 19.5 Å². The van der Waals surface area contributed by atoms with Gasteiger partial charge in [-0.2, -0.15) is 5.10 Å². The number of benzene rings is 3. The third kappa shape index (κ3) is 5.04. The van der Waals surface area contributed by atoms with Crippen molar-refractivity contribution >= 4 is 5.91 Å². The van der Waals surface area contributed by atoms with Gasteiger partial charge in [-0.25, -0.2) is 4.68 Å². The molecule has 7 heteroatoms. The third-order valence-corrected chi connectivity index (χ3v) is 5.38. The van der Waals surface area contributed by atoms with Gasteiger partial charge >= 0.3 is 0 Å². The summed E-state index contributed by atoms with van der Waals surface area (Å²) in [5, 5.41) is 7.67. The normalized spacial score (nSPS) is 10.6. The van der Waals surface area contributed by atoms with Crippen LogP contribution in [0, 0.1) is 6.92 Å². The molecule has 0 bridgehead atoms. The maximum atomic E-state index is 13.2. The topological polar surface area (TPSA) is 74.6 Å². The molecule has 0 atom stereocenters. The number of aromatic nitrogens is 2. The van der Waals surface area contributed by atoms with Gasteiger partial charge in [0.1, 0.15) is 29.5 Å². The van der Waals surface area contributed by atoms with Crippen LogP contribution in [0.2, 0.25) is 0 Å². The van der Waals surface area contributed by atoms with Crippen LogP contribution >= 0.6 is 0 Å². The highest BCUT2D eigenvalue weighted by Gasteiger charge is 2.22. The number of hydrogen-bond donors (Lipinski definition) is 1. The number of methoxy groups -OCH3 is 2. The predicted octanol–water partition coefficient (Wildman–Crippen LogP) is 4.67. The van der Waals surface area contributed by atoms with Crippen molar-refractivity contribution in [3.05, 3.63) is 90.1 Å². The highest BCUT2D eigenvalue weighted by molar-refractivity contribution is 6.00. The molecule has 0 spiro atoms. The first-order valence-corrected chi connectivity index (χ1v) is 10.9. The minimum absolute atomic E-state index is 0.254. The fourth-order valence-electron chi connectivity index (χ4n) is 3.59. The zero-order chi connectivity index (χ0) is 23.9. The fourth-order valence-corrected chi connectivity index (χ4v) is 3.59. The van der Waals surface area contributed by atoms with Crippen LogP contribution in [0.4, 0.5) is 0 Å². The van der Waals surface area contributed by atoms with Crippen LogP contribution in [-0.4, -0.2) is 43.1 Å². The molecule has 4 aromatic rings. The van der Waals surface area contributed by atoms with E-state index in [0.717, 1.165) is 17.0 Å². The lowest BCUT2D eigenvalue weighted by atomic mass is 10.1. The van der Waals surface area contributed by atoms with Crippen molar-refractivity contribution in [3.8, 4) is 34.2 Å². The molecule has 0 fully saturated rings. The number of carbonyl (C=O) groups excluding carboxylic acids is 1. The first-order chi connectivity index (χ1) is 16.6. The Morgan fingerprint density at radius 3 is 2.44 bits per heavy atom. The molecule has 0 aliphatic carbocycles. The van der Waals surface area contributed by atoms with Crippen molar-refractivity contribution in [2.75, 3.05) is 27.4 Å². The molecule has 0 saturated carbocycles. The molecule has 0 unspecified atom stereocenters. The highest BCUT2D eigenvalue weighted by Crippen LogP contribution is 2.35. The third-order valence-electron chi connectivity index (χ3n) is 5.38. The molecule has 3 aromatic carbocycles. The maximum absolute atomic E-state index is 13.2. The van der Waals surface area contributed by atoms with Gasteiger partial charge in [-0.3, -0.25) is 4.79 Å². The van der Waals surface area contributed by atoms with Crippen LogP contribution in [0.3, 0.4) is 0 Å². The summed E-state index contributed by atoms with van der Waals surface area (Å²) < 4.78 is 18.4. The maximum Gasteiger partial charge on any atom is 0.255 e. The van der Waals surface area contributed by atoms with Gasteiger partial charge in [0.25, 0.3) is 5.91 Å². The van der Waals surface area contributed by atoms with Crippen LogP contribution < -0.4 is 19.5 Å². The summed E-state index contributed by atoms with van der Waals surface area (Å²) in [5.41, 5.74) is 3.47. The molecule has 0 saturated heterocycles. The van der Waals surface area contributed by atoms with Crippen LogP contribution in [0.15, 0.2) is 79.0 Å². The van der Waals surface area contributed by atoms with Crippen LogP contribution in [-0.2, 0) is 0 Å². The minimum Gasteiger partial charge on any atom is -0.497 e. The number of amides is 1. The van der Waals surface area contributed by atoms with E-state index in [4.69, 9.17) is 19.3 Å². The lowest BCUT2D eigenvalue weighted by Crippen LogP contribution is -2.28. The van der Waals surface area contributed by atoms with Gasteiger partial charge in [-0.15, -0.1) is 0 Å². The van der Waals surface area contributed by atoms with Crippen molar-refractivity contribution in [2.24, 2.45) is 0 Å². The smallest absolute Gasteiger partial charge is 0.255 e. The van der Waals surface area contributed by atoms with Crippen LogP contribution in [0.1, 0.15) is 15.9 Å². The molecule has 1 heterocycles. The largest absolute Gasteiger partial charge is 0.497 e. The van der Waals surface area contributed by atoms with Crippen molar-refractivity contribution in [3.63, 3.8) is 0 Å². The Morgan fingerprint density at radius 1 is 0.941 bits per heavy atom. The second-order valence-electron chi connectivity index (χ2n) is 7.61. The summed E-state index contributed by atoms with van der Waals surface area (Å²) in [4.78, 5) is 13.2. The van der Waals surface area contributed by atoms with Gasteiger partial charge in [-0.05, 0) is 48.9 Å². The molecule has 34 heavy (non-hydrogen) atoms. The van der Waals surface area contributed by atoms with E-state index in [1.807, 2.05) is 67.6 Å². The predicted molar refractivity (Wildman–Crippen MR) is 131 cm³/mol. The zero-order valence-corrected chi connectivity index (χ0v) is 19.4. The Morgan fingerprint density at radius 2 is 1.71 bits per heavy atom. The Hall–Kier alpha value is -4.26. The molecule has 0 aliphatic rings. The van der Waals surface area contributed by atoms with E-state index in [0.29, 0.717) is 41.5 Å². The zero-order valence-electron chi connectivity index (χ0n) is 19.4. The highest BCUT2D eigenvalue weighted by atomic mass is 16.5. The van der Waals surface area contributed by atoms with E-state index in [1.54, 1.807) is 37.2 Å². The molecule has 1 N–H and O–H groups in total. The second-order valence-corrected chi connectivity index (χ2v) is 7.61. The van der Waals surface area contributed by atoms with Gasteiger partial charge in [-0.1, -0.05) is 36.4 Å². The molecule has 1 amide bonds. The molecular formula is C27H27N3O4. The Balaban J connectivity index is 1.61. The number of para-hydroxylation sites is 2. The molecular weight excluding hydrogens is 430 g/mol. The van der Waals surface area contributed by atoms with Crippen molar-refractivity contribution in [2.45, 2.75) is 6.92 Å². The summed E-state index contributed by atoms with van der Waals surface area (Å²) in [6.07, 6.45) is 1.72. The van der Waals surface area contributed by atoms with E-state index >= 15 is 0 Å². The van der Waals surface area contributed by atoms with Gasteiger partial charge in [0, 0.05) is 11.8 Å². The number of nitrogens with one attached hydrogen (secondary N) is 1. The monoisotopic (exact) mass is 457 g/mol. The molecule has 1 aromatic heterocycles. The molecule has 4 rings (SSSR count). The average Bonchev–Trinajstić information content (AvgIpc) is 3.33. The fraction of sp³-hybridized carbons (Fsp3) is 0.185. The Bertz CT molecular complexity index is 1270. The van der Waals surface area contributed by atoms with E-state index in [-0.39, 0.29) is 5.91 Å². The number of ether oxygens (including phenoxy) is 3. The van der Waals surface area contributed by atoms with Gasteiger partial charge in [0.15, 0.2) is 0 Å². The first kappa shape index (κ1) is 22.9. The molecule has 7 nitrogen and oxygen atoms in total. The second kappa shape index (κ2) is 10.6. The van der Waals surface area contributed by atoms with Crippen molar-refractivity contribution < 1.29 is 19.0 Å². The standard InChI is InChI=1S/C27H27N3O4/c1-19-9-7-8-12-24(19)34-16-15-28-27(31)23-18-30(20-10-5-4-6-11-20)29-26(23)22-17-21(32-2)13-14-25(22)33-3/h4-14,17-18H,15-16H2,1-3H3,(H,28,31). The lowest BCUT2D eigenvalue weighted by Gasteiger charge is -2.11. The number of hydrogen-bond acceptors (Lipinski definition) is 5. The minimum atomic E-state index is -0.254. The van der Waals surface area contributed by atoms with Crippen LogP contribution in [0.5, 0.6) is 17.2 Å². The van der Waals surface area contributed by atoms with E-state index in [1.165, 1.54) is 0 Å². The number of nitrogens with zero attached hydrogens (tertiary/aromatic N) is 2. The number of rotatable bonds is 9. The molecule has 0 radical (unpaired) electrons. The summed E-state index contributed by atoms with van der Waals surface area (Å²) in [6, 6.07) is 22.8. The first-order valence-electron chi connectivity index (χ1n) is 10.9. The van der Waals surface area contributed by atoms with E-state index < -0.39 is 0 Å². The SMILES string of the molecule is COc1ccc(OC)c(-c2nn(-c3ccccc3)cc2C(=O)NCCOc2ccccc2C)c1. The van der Waals surface area contributed by atoms with Gasteiger partial charge in [0.05, 0.1) is 32.0 Å². The Labute approximate surface area is 198 Å². The Kier molecular flexibility index (Phi) is 7.13. The van der Waals surface area contributed by atoms with Crippen molar-refractivity contribution in [1.29, 1.82) is 0 Å². The van der Waals surface area contributed by atoms with Crippen LogP contribution in [0.25, 0.3) is 16.9 Å². The molecule has 0 aliphatic heterocycles. The van der Waals surface area contributed by atoms with E-state index in [2.05, 4.69) is 5.32 Å². The summed E-state index contributed by atoms with van der Waals surface area (Å²) >= 11 is 0. The number of carbonyl (C=O) groups is 1. The summed E-state index contributed by atoms with van der Waals surface area (Å²) in [7, 11) is 3.18. The van der Waals surface area contributed by atoms with E-state index in [9.17, 15) is 4.79 Å². The average molecular weight is 458 g/mol. The quantitative estimate of drug-likeness (QED) is 0.370. The summed E-state index contributed by atoms with van der Waals surface area (Å²) in [5.74, 6) is 1.78. The molecule has 174 valence electrons. The lowest BCUT2D eigenvalue weighted by molar-refractivity contribution is 0.0947. The summed E-state index contributed by atoms with van der Waals surface area (Å²) in [6.45, 7) is 2.68.